The van der Waals surface area contributed by atoms with Crippen molar-refractivity contribution in [1.82, 2.24) is 15.5 Å². The smallest absolute Gasteiger partial charge is 0.408 e. The fourth-order valence-electron chi connectivity index (χ4n) is 2.66. The second-order valence-corrected chi connectivity index (χ2v) is 7.65. The number of carbonyl (C=O) groups is 4. The van der Waals surface area contributed by atoms with Gasteiger partial charge in [0.05, 0.1) is 13.7 Å². The van der Waals surface area contributed by atoms with E-state index in [4.69, 9.17) is 17.6 Å². The third kappa shape index (κ3) is 7.87. The van der Waals surface area contributed by atoms with E-state index < -0.39 is 54.7 Å². The number of terminal acetylenes is 2. The maximum Gasteiger partial charge on any atom is 0.408 e. The predicted octanol–water partition coefficient (Wildman–Crippen LogP) is 0.303. The molecule has 0 saturated heterocycles. The van der Waals surface area contributed by atoms with Gasteiger partial charge in [-0.1, -0.05) is 30.5 Å². The van der Waals surface area contributed by atoms with Crippen LogP contribution in [0.5, 0.6) is 0 Å². The summed E-state index contributed by atoms with van der Waals surface area (Å²) in [4.78, 5) is 50.4. The monoisotopic (exact) mass is 457 g/mol. The number of carbonyl (C=O) groups excluding carboxylic acids is 4. The fraction of sp³-hybridized carbons (Fsp3) is 0.391. The van der Waals surface area contributed by atoms with Gasteiger partial charge in [-0.25, -0.2) is 4.79 Å². The lowest BCUT2D eigenvalue weighted by molar-refractivity contribution is -0.143. The molecule has 0 fully saturated rings. The van der Waals surface area contributed by atoms with Crippen molar-refractivity contribution in [3.63, 3.8) is 0 Å². The molecule has 33 heavy (non-hydrogen) atoms. The quantitative estimate of drug-likeness (QED) is 0.290. The summed E-state index contributed by atoms with van der Waals surface area (Å²) in [5.41, 5.74) is -0.395. The zero-order valence-electron chi connectivity index (χ0n) is 18.9. The zero-order valence-corrected chi connectivity index (χ0v) is 18.9. The van der Waals surface area contributed by atoms with Crippen LogP contribution in [0.3, 0.4) is 0 Å². The summed E-state index contributed by atoms with van der Waals surface area (Å²) in [6.07, 6.45) is 10.1. The number of hydrogen-bond donors (Lipinski definition) is 3. The Kier molecular flexibility index (Phi) is 9.93. The van der Waals surface area contributed by atoms with Crippen LogP contribution in [-0.4, -0.2) is 65.8 Å². The summed E-state index contributed by atoms with van der Waals surface area (Å²) in [6.45, 7) is 3.54. The van der Waals surface area contributed by atoms with Gasteiger partial charge in [0.1, 0.15) is 24.2 Å². The molecule has 0 aliphatic heterocycles. The number of aliphatic hydroxyl groups excluding tert-OH is 1. The number of nitrogens with one attached hydrogen (secondary N) is 2. The third-order valence-corrected chi connectivity index (χ3v) is 4.10. The number of methoxy groups -OCH3 is 1. The molecule has 2 atom stereocenters. The summed E-state index contributed by atoms with van der Waals surface area (Å²) >= 11 is 0. The topological polar surface area (TPSA) is 134 Å². The van der Waals surface area contributed by atoms with Crippen LogP contribution in [0.15, 0.2) is 24.3 Å². The summed E-state index contributed by atoms with van der Waals surface area (Å²) in [5, 5.41) is 14.3. The Morgan fingerprint density at radius 2 is 1.82 bits per heavy atom. The average molecular weight is 457 g/mol. The highest BCUT2D eigenvalue weighted by atomic mass is 16.6. The second kappa shape index (κ2) is 12.1. The van der Waals surface area contributed by atoms with E-state index in [1.807, 2.05) is 0 Å². The maximum atomic E-state index is 13.1. The Labute approximate surface area is 192 Å². The zero-order chi connectivity index (χ0) is 25.2. The molecule has 0 aliphatic rings. The molecule has 0 heterocycles. The van der Waals surface area contributed by atoms with Crippen LogP contribution in [0.25, 0.3) is 0 Å². The third-order valence-electron chi connectivity index (χ3n) is 4.10. The van der Waals surface area contributed by atoms with Crippen molar-refractivity contribution in [1.29, 1.82) is 0 Å². The molecule has 176 valence electrons. The van der Waals surface area contributed by atoms with Crippen molar-refractivity contribution >= 4 is 23.9 Å². The van der Waals surface area contributed by atoms with Crippen LogP contribution >= 0.6 is 0 Å². The number of nitrogens with zero attached hydrogens (tertiary/aromatic N) is 1. The molecular formula is C23H27N3O7. The molecule has 3 N–H and O–H groups in total. The molecule has 3 amide bonds. The van der Waals surface area contributed by atoms with Crippen LogP contribution in [0.2, 0.25) is 0 Å². The number of hydrogen-bond acceptors (Lipinski definition) is 7. The predicted molar refractivity (Wildman–Crippen MR) is 118 cm³/mol. The summed E-state index contributed by atoms with van der Waals surface area (Å²) in [6, 6.07) is 5.35. The van der Waals surface area contributed by atoms with Crippen LogP contribution in [-0.2, 0) is 23.9 Å². The number of amides is 3. The van der Waals surface area contributed by atoms with Gasteiger partial charge in [0.2, 0.25) is 5.91 Å². The number of aliphatic hydroxyl groups is 1. The molecule has 1 aromatic rings. The van der Waals surface area contributed by atoms with E-state index >= 15 is 0 Å². The first-order valence-corrected chi connectivity index (χ1v) is 9.78. The van der Waals surface area contributed by atoms with Gasteiger partial charge in [0, 0.05) is 17.2 Å². The molecule has 0 saturated carbocycles. The molecular weight excluding hydrogens is 430 g/mol. The number of ether oxygens (including phenoxy) is 2. The van der Waals surface area contributed by atoms with Crippen molar-refractivity contribution in [3.8, 4) is 24.8 Å². The van der Waals surface area contributed by atoms with Crippen LogP contribution in [0, 0.1) is 24.8 Å². The van der Waals surface area contributed by atoms with Crippen molar-refractivity contribution in [2.45, 2.75) is 38.5 Å². The molecule has 10 heteroatoms. The first-order valence-electron chi connectivity index (χ1n) is 9.78. The normalized spacial score (nSPS) is 12.2. The number of rotatable bonds is 8. The highest BCUT2D eigenvalue weighted by Gasteiger charge is 2.36. The molecule has 0 bridgehead atoms. The Bertz CT molecular complexity index is 969. The number of alkyl carbamates (subject to hydrolysis) is 1. The SMILES string of the molecule is C#Cc1ccccc1C(C(=O)NCC(=O)OC)N(C#C)C(=O)C(CO)NC(=O)OC(C)(C)C. The molecule has 2 unspecified atom stereocenters. The molecule has 0 aliphatic carbocycles. The van der Waals surface area contributed by atoms with Crippen molar-refractivity contribution in [2.75, 3.05) is 20.3 Å². The fourth-order valence-corrected chi connectivity index (χ4v) is 2.66. The molecule has 1 rings (SSSR count). The van der Waals surface area contributed by atoms with Crippen LogP contribution < -0.4 is 10.6 Å². The van der Waals surface area contributed by atoms with E-state index in [2.05, 4.69) is 27.3 Å². The van der Waals surface area contributed by atoms with E-state index in [9.17, 15) is 24.3 Å². The van der Waals surface area contributed by atoms with E-state index in [0.29, 0.717) is 4.90 Å². The highest BCUT2D eigenvalue weighted by molar-refractivity contribution is 5.94. The summed E-state index contributed by atoms with van der Waals surface area (Å²) < 4.78 is 9.60. The summed E-state index contributed by atoms with van der Waals surface area (Å²) in [7, 11) is 1.14. The minimum Gasteiger partial charge on any atom is -0.468 e. The summed E-state index contributed by atoms with van der Waals surface area (Å²) in [5.74, 6) is -0.128. The Morgan fingerprint density at radius 3 is 2.33 bits per heavy atom. The largest absolute Gasteiger partial charge is 0.468 e. The van der Waals surface area contributed by atoms with E-state index in [0.717, 1.165) is 7.11 Å². The molecule has 0 aromatic heterocycles. The first kappa shape index (κ1) is 27.0. The van der Waals surface area contributed by atoms with Gasteiger partial charge in [-0.05, 0) is 26.8 Å². The number of esters is 1. The van der Waals surface area contributed by atoms with Gasteiger partial charge in [0.15, 0.2) is 0 Å². The van der Waals surface area contributed by atoms with Gasteiger partial charge in [0.25, 0.3) is 5.91 Å². The Hall–Kier alpha value is -4.02. The van der Waals surface area contributed by atoms with Crippen molar-refractivity contribution in [3.05, 3.63) is 35.4 Å². The minimum atomic E-state index is -1.52. The standard InChI is InChI=1S/C23H27N3O7/c1-7-15-11-9-10-12-16(15)19(20(29)24-13-18(28)32-6)26(8-2)21(30)17(14-27)25-22(31)33-23(3,4)5/h1-2,9-12,17,19,27H,13-14H2,3-6H3,(H,24,29)(H,25,31). The van der Waals surface area contributed by atoms with Gasteiger partial charge in [-0.3, -0.25) is 19.3 Å². The Morgan fingerprint density at radius 1 is 1.18 bits per heavy atom. The lowest BCUT2D eigenvalue weighted by Crippen LogP contribution is -2.53. The highest BCUT2D eigenvalue weighted by Crippen LogP contribution is 2.25. The molecule has 1 aromatic carbocycles. The van der Waals surface area contributed by atoms with Crippen LogP contribution in [0.4, 0.5) is 4.79 Å². The van der Waals surface area contributed by atoms with Crippen molar-refractivity contribution < 1.29 is 33.8 Å². The maximum absolute atomic E-state index is 13.1. The van der Waals surface area contributed by atoms with E-state index in [1.165, 1.54) is 12.1 Å². The molecule has 10 nitrogen and oxygen atoms in total. The lowest BCUT2D eigenvalue weighted by Gasteiger charge is -2.30. The Balaban J connectivity index is 3.35. The lowest BCUT2D eigenvalue weighted by atomic mass is 9.98. The number of benzene rings is 1. The first-order chi connectivity index (χ1) is 15.5. The molecule has 0 radical (unpaired) electrons. The minimum absolute atomic E-state index is 0.197. The van der Waals surface area contributed by atoms with E-state index in [1.54, 1.807) is 32.9 Å². The van der Waals surface area contributed by atoms with Crippen LogP contribution in [0.1, 0.15) is 37.9 Å². The average Bonchev–Trinajstić information content (AvgIpc) is 2.77. The van der Waals surface area contributed by atoms with E-state index in [-0.39, 0.29) is 11.1 Å². The second-order valence-electron chi connectivity index (χ2n) is 7.65. The molecule has 0 spiro atoms. The van der Waals surface area contributed by atoms with Gasteiger partial charge >= 0.3 is 12.1 Å². The van der Waals surface area contributed by atoms with Gasteiger partial charge in [-0.15, -0.1) is 6.42 Å². The van der Waals surface area contributed by atoms with Gasteiger partial charge < -0.3 is 25.2 Å². The van der Waals surface area contributed by atoms with Crippen molar-refractivity contribution in [2.24, 2.45) is 0 Å². The van der Waals surface area contributed by atoms with Gasteiger partial charge in [-0.2, -0.15) is 0 Å².